The Kier molecular flexibility index (Phi) is 3.58. The molecule has 0 spiro atoms. The van der Waals surface area contributed by atoms with E-state index in [1.807, 2.05) is 32.3 Å². The van der Waals surface area contributed by atoms with Gasteiger partial charge in [0.1, 0.15) is 5.69 Å². The van der Waals surface area contributed by atoms with Crippen LogP contribution in [-0.4, -0.2) is 28.7 Å². The molecule has 106 valence electrons. The highest BCUT2D eigenvalue weighted by Crippen LogP contribution is 2.26. The molecule has 1 aliphatic heterocycles. The largest absolute Gasteiger partial charge is 0.397 e. The van der Waals surface area contributed by atoms with Gasteiger partial charge in [0.15, 0.2) is 0 Å². The number of nitrogens with zero attached hydrogens (tertiary/aromatic N) is 1. The Morgan fingerprint density at radius 1 is 1.63 bits per heavy atom. The van der Waals surface area contributed by atoms with Crippen molar-refractivity contribution in [2.24, 2.45) is 0 Å². The van der Waals surface area contributed by atoms with E-state index >= 15 is 0 Å². The molecule has 5 heteroatoms. The minimum Gasteiger partial charge on any atom is -0.397 e. The van der Waals surface area contributed by atoms with Crippen LogP contribution in [0.1, 0.15) is 50.6 Å². The van der Waals surface area contributed by atoms with Gasteiger partial charge in [0.2, 0.25) is 0 Å². The molecule has 1 aromatic rings. The van der Waals surface area contributed by atoms with Crippen LogP contribution in [0.5, 0.6) is 0 Å². The van der Waals surface area contributed by atoms with Crippen molar-refractivity contribution < 1.29 is 9.53 Å². The van der Waals surface area contributed by atoms with E-state index in [9.17, 15) is 4.79 Å². The van der Waals surface area contributed by atoms with Crippen molar-refractivity contribution in [3.8, 4) is 0 Å². The van der Waals surface area contributed by atoms with E-state index in [2.05, 4.69) is 5.32 Å². The van der Waals surface area contributed by atoms with Gasteiger partial charge < -0.3 is 20.4 Å². The molecular weight excluding hydrogens is 242 g/mol. The van der Waals surface area contributed by atoms with Gasteiger partial charge in [-0.05, 0) is 40.2 Å². The average Bonchev–Trinajstić information content (AvgIpc) is 2.84. The third kappa shape index (κ3) is 2.61. The number of carbonyl (C=O) groups excluding carboxylic acids is 1. The molecule has 1 amide bonds. The van der Waals surface area contributed by atoms with Gasteiger partial charge in [0, 0.05) is 18.8 Å². The van der Waals surface area contributed by atoms with Crippen molar-refractivity contribution >= 4 is 11.6 Å². The lowest BCUT2D eigenvalue weighted by Gasteiger charge is -2.29. The predicted octanol–water partition coefficient (Wildman–Crippen LogP) is 1.95. The molecule has 0 saturated carbocycles. The molecule has 1 aliphatic rings. The van der Waals surface area contributed by atoms with Gasteiger partial charge in [-0.1, -0.05) is 0 Å². The van der Waals surface area contributed by atoms with Gasteiger partial charge in [0.05, 0.1) is 17.3 Å². The summed E-state index contributed by atoms with van der Waals surface area (Å²) in [7, 11) is 0. The van der Waals surface area contributed by atoms with Crippen LogP contribution < -0.4 is 11.1 Å². The van der Waals surface area contributed by atoms with Gasteiger partial charge in [-0.3, -0.25) is 4.79 Å². The van der Waals surface area contributed by atoms with Crippen molar-refractivity contribution in [2.45, 2.75) is 51.8 Å². The SMILES string of the molecule is CC(C)n1cc(N)cc1C(=O)NC1(C)CCOC1C. The van der Waals surface area contributed by atoms with E-state index in [0.717, 1.165) is 6.42 Å². The highest BCUT2D eigenvalue weighted by atomic mass is 16.5. The summed E-state index contributed by atoms with van der Waals surface area (Å²) in [5, 5.41) is 3.09. The molecule has 1 aromatic heterocycles. The van der Waals surface area contributed by atoms with Crippen LogP contribution in [-0.2, 0) is 4.74 Å². The molecule has 1 fully saturated rings. The van der Waals surface area contributed by atoms with Gasteiger partial charge in [-0.15, -0.1) is 0 Å². The van der Waals surface area contributed by atoms with Crippen molar-refractivity contribution in [3.63, 3.8) is 0 Å². The minimum atomic E-state index is -0.308. The molecule has 5 nitrogen and oxygen atoms in total. The molecule has 0 aliphatic carbocycles. The highest BCUT2D eigenvalue weighted by molar-refractivity contribution is 5.94. The van der Waals surface area contributed by atoms with Crippen molar-refractivity contribution in [3.05, 3.63) is 18.0 Å². The molecule has 2 heterocycles. The number of nitrogens with two attached hydrogens (primary N) is 1. The second-order valence-electron chi connectivity index (χ2n) is 5.79. The summed E-state index contributed by atoms with van der Waals surface area (Å²) in [5.74, 6) is -0.0924. The van der Waals surface area contributed by atoms with E-state index in [1.54, 1.807) is 12.3 Å². The topological polar surface area (TPSA) is 69.3 Å². The summed E-state index contributed by atoms with van der Waals surface area (Å²) < 4.78 is 7.44. The van der Waals surface area contributed by atoms with E-state index < -0.39 is 0 Å². The predicted molar refractivity (Wildman–Crippen MR) is 75.1 cm³/mol. The highest BCUT2D eigenvalue weighted by Gasteiger charge is 2.38. The molecule has 2 unspecified atom stereocenters. The Labute approximate surface area is 114 Å². The average molecular weight is 265 g/mol. The Morgan fingerprint density at radius 3 is 2.84 bits per heavy atom. The van der Waals surface area contributed by atoms with Crippen LogP contribution in [0.25, 0.3) is 0 Å². The van der Waals surface area contributed by atoms with Crippen LogP contribution in [0.2, 0.25) is 0 Å². The molecular formula is C14H23N3O2. The number of ether oxygens (including phenoxy) is 1. The van der Waals surface area contributed by atoms with Gasteiger partial charge >= 0.3 is 0 Å². The van der Waals surface area contributed by atoms with Crippen LogP contribution in [0.4, 0.5) is 5.69 Å². The fourth-order valence-electron chi connectivity index (χ4n) is 2.43. The number of aromatic nitrogens is 1. The number of hydrogen-bond donors (Lipinski definition) is 2. The van der Waals surface area contributed by atoms with Gasteiger partial charge in [-0.25, -0.2) is 0 Å². The van der Waals surface area contributed by atoms with E-state index in [1.165, 1.54) is 0 Å². The van der Waals surface area contributed by atoms with Gasteiger partial charge in [0.25, 0.3) is 5.91 Å². The first kappa shape index (κ1) is 13.9. The molecule has 1 saturated heterocycles. The Hall–Kier alpha value is -1.49. The number of carbonyl (C=O) groups is 1. The monoisotopic (exact) mass is 265 g/mol. The maximum absolute atomic E-state index is 12.4. The number of hydrogen-bond acceptors (Lipinski definition) is 3. The maximum Gasteiger partial charge on any atom is 0.268 e. The summed E-state index contributed by atoms with van der Waals surface area (Å²) in [5.41, 5.74) is 6.71. The zero-order valence-corrected chi connectivity index (χ0v) is 12.1. The second-order valence-corrected chi connectivity index (χ2v) is 5.79. The number of rotatable bonds is 3. The summed E-state index contributed by atoms with van der Waals surface area (Å²) in [6.45, 7) is 8.75. The van der Waals surface area contributed by atoms with Crippen LogP contribution in [0.3, 0.4) is 0 Å². The zero-order chi connectivity index (χ0) is 14.2. The summed E-state index contributed by atoms with van der Waals surface area (Å²) in [6, 6.07) is 1.92. The first-order chi connectivity index (χ1) is 8.83. The molecule has 0 radical (unpaired) electrons. The molecule has 0 aromatic carbocycles. The van der Waals surface area contributed by atoms with Crippen LogP contribution >= 0.6 is 0 Å². The Balaban J connectivity index is 2.21. The van der Waals surface area contributed by atoms with E-state index in [4.69, 9.17) is 10.5 Å². The maximum atomic E-state index is 12.4. The summed E-state index contributed by atoms with van der Waals surface area (Å²) in [6.07, 6.45) is 2.66. The number of nitrogens with one attached hydrogen (secondary N) is 1. The second kappa shape index (κ2) is 4.89. The fraction of sp³-hybridized carbons (Fsp3) is 0.643. The molecule has 0 bridgehead atoms. The third-order valence-corrected chi connectivity index (χ3v) is 3.94. The smallest absolute Gasteiger partial charge is 0.268 e. The lowest BCUT2D eigenvalue weighted by atomic mass is 9.94. The number of anilines is 1. The summed E-state index contributed by atoms with van der Waals surface area (Å²) >= 11 is 0. The first-order valence-electron chi connectivity index (χ1n) is 6.75. The van der Waals surface area contributed by atoms with Crippen LogP contribution in [0, 0.1) is 0 Å². The fourth-order valence-corrected chi connectivity index (χ4v) is 2.43. The van der Waals surface area contributed by atoms with E-state index in [0.29, 0.717) is 18.0 Å². The third-order valence-electron chi connectivity index (χ3n) is 3.94. The summed E-state index contributed by atoms with van der Waals surface area (Å²) in [4.78, 5) is 12.4. The standard InChI is InChI=1S/C14H23N3O2/c1-9(2)17-8-11(15)7-12(17)13(18)16-14(4)5-6-19-10(14)3/h7-10H,5-6,15H2,1-4H3,(H,16,18). The number of amides is 1. The van der Waals surface area contributed by atoms with Crippen molar-refractivity contribution in [1.82, 2.24) is 9.88 Å². The van der Waals surface area contributed by atoms with Crippen molar-refractivity contribution in [1.29, 1.82) is 0 Å². The molecule has 2 atom stereocenters. The van der Waals surface area contributed by atoms with E-state index in [-0.39, 0.29) is 23.6 Å². The number of nitrogen functional groups attached to an aromatic ring is 1. The Bertz CT molecular complexity index is 481. The Morgan fingerprint density at radius 2 is 2.32 bits per heavy atom. The van der Waals surface area contributed by atoms with Gasteiger partial charge in [-0.2, -0.15) is 0 Å². The molecule has 2 rings (SSSR count). The van der Waals surface area contributed by atoms with Crippen LogP contribution in [0.15, 0.2) is 12.3 Å². The molecule has 3 N–H and O–H groups in total. The lowest BCUT2D eigenvalue weighted by molar-refractivity contribution is 0.0720. The normalized spacial score (nSPS) is 26.9. The zero-order valence-electron chi connectivity index (χ0n) is 12.1. The molecule has 19 heavy (non-hydrogen) atoms. The lowest BCUT2D eigenvalue weighted by Crippen LogP contribution is -2.51. The van der Waals surface area contributed by atoms with Crippen molar-refractivity contribution in [2.75, 3.05) is 12.3 Å². The minimum absolute atomic E-state index is 0.0243. The first-order valence-corrected chi connectivity index (χ1v) is 6.75. The quantitative estimate of drug-likeness (QED) is 0.877.